The number of fused-ring (bicyclic) bond motifs is 1. The van der Waals surface area contributed by atoms with E-state index < -0.39 is 0 Å². The third kappa shape index (κ3) is 3.54. The number of hydrogen-bond acceptors (Lipinski definition) is 1. The Morgan fingerprint density at radius 1 is 0.810 bits per heavy atom. The van der Waals surface area contributed by atoms with E-state index in [0.29, 0.717) is 0 Å². The molecule has 0 bridgehead atoms. The summed E-state index contributed by atoms with van der Waals surface area (Å²) in [6.45, 7) is 0. The van der Waals surface area contributed by atoms with Crippen molar-refractivity contribution < 1.29 is 0 Å². The number of pyridine rings is 1. The Labute approximate surface area is 146 Å². The van der Waals surface area contributed by atoms with Crippen LogP contribution in [0.4, 0.5) is 0 Å². The predicted octanol–water partition coefficient (Wildman–Crippen LogP) is 6.35. The van der Waals surface area contributed by atoms with Crippen molar-refractivity contribution in [3.8, 4) is 0 Å². The standard InChI is InChI=1S/C17H11Br2N.ClH/c18-16-14(11-10-12-6-2-1-3-7-12)13-8-4-5-9-15(13)20-17(16)19;/h1-11H;1H. The highest BCUT2D eigenvalue weighted by molar-refractivity contribution is 9.13. The fraction of sp³-hybridized carbons (Fsp3) is 0. The number of aromatic nitrogens is 1. The highest BCUT2D eigenvalue weighted by Gasteiger charge is 2.08. The summed E-state index contributed by atoms with van der Waals surface area (Å²) in [5.41, 5.74) is 3.29. The second-order valence-corrected chi connectivity index (χ2v) is 5.94. The van der Waals surface area contributed by atoms with E-state index >= 15 is 0 Å². The lowest BCUT2D eigenvalue weighted by molar-refractivity contribution is 1.32. The van der Waals surface area contributed by atoms with E-state index in [-0.39, 0.29) is 12.4 Å². The molecule has 1 heterocycles. The molecule has 0 unspecified atom stereocenters. The lowest BCUT2D eigenvalue weighted by Crippen LogP contribution is -1.87. The Morgan fingerprint density at radius 2 is 1.48 bits per heavy atom. The van der Waals surface area contributed by atoms with Gasteiger partial charge in [-0.3, -0.25) is 0 Å². The Kier molecular flexibility index (Phi) is 5.57. The second kappa shape index (κ2) is 7.21. The van der Waals surface area contributed by atoms with Crippen molar-refractivity contribution in [1.29, 1.82) is 0 Å². The van der Waals surface area contributed by atoms with Crippen LogP contribution in [0, 0.1) is 0 Å². The molecule has 0 atom stereocenters. The highest BCUT2D eigenvalue weighted by Crippen LogP contribution is 2.32. The van der Waals surface area contributed by atoms with Crippen LogP contribution in [0.2, 0.25) is 0 Å². The van der Waals surface area contributed by atoms with Crippen LogP contribution in [0.15, 0.2) is 63.7 Å². The van der Waals surface area contributed by atoms with Crippen LogP contribution in [0.5, 0.6) is 0 Å². The molecule has 1 aromatic heterocycles. The summed E-state index contributed by atoms with van der Waals surface area (Å²) < 4.78 is 1.80. The molecular weight excluding hydrogens is 413 g/mol. The molecule has 0 amide bonds. The molecule has 0 N–H and O–H groups in total. The van der Waals surface area contributed by atoms with Gasteiger partial charge in [0.05, 0.1) is 9.99 Å². The Bertz CT molecular complexity index is 785. The molecule has 0 radical (unpaired) electrons. The van der Waals surface area contributed by atoms with Gasteiger partial charge in [0.15, 0.2) is 0 Å². The van der Waals surface area contributed by atoms with Gasteiger partial charge >= 0.3 is 0 Å². The van der Waals surface area contributed by atoms with Gasteiger partial charge in [-0.15, -0.1) is 12.4 Å². The number of para-hydroxylation sites is 1. The van der Waals surface area contributed by atoms with E-state index in [1.165, 1.54) is 5.56 Å². The Hall–Kier alpha value is -1.16. The van der Waals surface area contributed by atoms with E-state index in [4.69, 9.17) is 0 Å². The molecule has 0 saturated heterocycles. The maximum Gasteiger partial charge on any atom is 0.121 e. The predicted molar refractivity (Wildman–Crippen MR) is 99.8 cm³/mol. The van der Waals surface area contributed by atoms with Crippen molar-refractivity contribution in [1.82, 2.24) is 4.98 Å². The van der Waals surface area contributed by atoms with E-state index in [0.717, 1.165) is 25.5 Å². The molecule has 106 valence electrons. The summed E-state index contributed by atoms with van der Waals surface area (Å²) in [7, 11) is 0. The zero-order chi connectivity index (χ0) is 13.9. The van der Waals surface area contributed by atoms with Gasteiger partial charge < -0.3 is 0 Å². The molecule has 3 rings (SSSR count). The minimum Gasteiger partial charge on any atom is -0.240 e. The smallest absolute Gasteiger partial charge is 0.121 e. The maximum atomic E-state index is 4.53. The largest absolute Gasteiger partial charge is 0.240 e. The van der Waals surface area contributed by atoms with Gasteiger partial charge in [-0.2, -0.15) is 0 Å². The van der Waals surface area contributed by atoms with Gasteiger partial charge in [0.25, 0.3) is 0 Å². The van der Waals surface area contributed by atoms with Crippen LogP contribution < -0.4 is 0 Å². The first-order valence-electron chi connectivity index (χ1n) is 6.22. The molecule has 0 aliphatic heterocycles. The number of rotatable bonds is 2. The van der Waals surface area contributed by atoms with Gasteiger partial charge in [0.1, 0.15) is 4.60 Å². The quantitative estimate of drug-likeness (QED) is 0.436. The summed E-state index contributed by atoms with van der Waals surface area (Å²) in [5.74, 6) is 0. The molecule has 3 aromatic rings. The van der Waals surface area contributed by atoms with Crippen molar-refractivity contribution >= 4 is 67.3 Å². The van der Waals surface area contributed by atoms with Crippen LogP contribution >= 0.6 is 44.3 Å². The van der Waals surface area contributed by atoms with Crippen molar-refractivity contribution in [2.75, 3.05) is 0 Å². The average Bonchev–Trinajstić information content (AvgIpc) is 2.49. The monoisotopic (exact) mass is 423 g/mol. The molecule has 1 nitrogen and oxygen atoms in total. The second-order valence-electron chi connectivity index (χ2n) is 4.39. The molecule has 21 heavy (non-hydrogen) atoms. The fourth-order valence-corrected chi connectivity index (χ4v) is 2.93. The van der Waals surface area contributed by atoms with Crippen molar-refractivity contribution in [2.24, 2.45) is 0 Å². The average molecular weight is 426 g/mol. The molecule has 4 heteroatoms. The maximum absolute atomic E-state index is 4.53. The highest BCUT2D eigenvalue weighted by atomic mass is 79.9. The first kappa shape index (κ1) is 16.2. The van der Waals surface area contributed by atoms with Crippen LogP contribution in [-0.4, -0.2) is 4.98 Å². The number of hydrogen-bond donors (Lipinski definition) is 0. The minimum absolute atomic E-state index is 0. The number of halogens is 3. The van der Waals surface area contributed by atoms with Crippen molar-refractivity contribution in [2.45, 2.75) is 0 Å². The van der Waals surface area contributed by atoms with Gasteiger partial charge in [-0.25, -0.2) is 4.98 Å². The molecule has 2 aromatic carbocycles. The van der Waals surface area contributed by atoms with E-state index in [1.54, 1.807) is 0 Å². The summed E-state index contributed by atoms with van der Waals surface area (Å²) in [4.78, 5) is 4.53. The fourth-order valence-electron chi connectivity index (χ4n) is 2.09. The number of benzene rings is 2. The summed E-state index contributed by atoms with van der Waals surface area (Å²) in [6, 6.07) is 18.4. The van der Waals surface area contributed by atoms with Crippen molar-refractivity contribution in [3.05, 3.63) is 74.8 Å². The number of nitrogens with zero attached hydrogens (tertiary/aromatic N) is 1. The van der Waals surface area contributed by atoms with Crippen LogP contribution in [0.25, 0.3) is 23.1 Å². The third-order valence-electron chi connectivity index (χ3n) is 3.07. The summed E-state index contributed by atoms with van der Waals surface area (Å²) in [5, 5.41) is 1.13. The summed E-state index contributed by atoms with van der Waals surface area (Å²) in [6.07, 6.45) is 4.23. The molecule has 0 aliphatic carbocycles. The molecule has 0 saturated carbocycles. The topological polar surface area (TPSA) is 12.9 Å². The minimum atomic E-state index is 0. The van der Waals surface area contributed by atoms with Gasteiger partial charge in [-0.1, -0.05) is 60.7 Å². The third-order valence-corrected chi connectivity index (χ3v) is 4.98. The Morgan fingerprint density at radius 3 is 2.24 bits per heavy atom. The Balaban J connectivity index is 0.00000161. The zero-order valence-electron chi connectivity index (χ0n) is 11.0. The van der Waals surface area contributed by atoms with E-state index in [9.17, 15) is 0 Å². The normalized spacial score (nSPS) is 10.8. The van der Waals surface area contributed by atoms with Gasteiger partial charge in [-0.05, 0) is 43.5 Å². The first-order valence-corrected chi connectivity index (χ1v) is 7.81. The summed E-state index contributed by atoms with van der Waals surface area (Å²) >= 11 is 7.12. The van der Waals surface area contributed by atoms with Crippen LogP contribution in [-0.2, 0) is 0 Å². The van der Waals surface area contributed by atoms with Crippen LogP contribution in [0.1, 0.15) is 11.1 Å². The van der Waals surface area contributed by atoms with Crippen LogP contribution in [0.3, 0.4) is 0 Å². The lowest BCUT2D eigenvalue weighted by atomic mass is 10.1. The molecule has 0 spiro atoms. The van der Waals surface area contributed by atoms with E-state index in [2.05, 4.69) is 67.2 Å². The van der Waals surface area contributed by atoms with Gasteiger partial charge in [0, 0.05) is 10.9 Å². The SMILES string of the molecule is Brc1nc2ccccc2c(C=Cc2ccccc2)c1Br.Cl. The first-order chi connectivity index (χ1) is 9.75. The molecular formula is C17H12Br2ClN. The molecule has 0 aliphatic rings. The lowest BCUT2D eigenvalue weighted by Gasteiger charge is -2.06. The molecule has 0 fully saturated rings. The van der Waals surface area contributed by atoms with Crippen molar-refractivity contribution in [3.63, 3.8) is 0 Å². The van der Waals surface area contributed by atoms with E-state index in [1.807, 2.05) is 36.4 Å². The zero-order valence-corrected chi connectivity index (χ0v) is 15.0. The van der Waals surface area contributed by atoms with Gasteiger partial charge in [0.2, 0.25) is 0 Å².